The molecule has 2 amide bonds. The largest absolute Gasteiger partial charge is 0.444 e. The van der Waals surface area contributed by atoms with Crippen LogP contribution in [0.2, 0.25) is 10.0 Å². The second-order valence-corrected chi connectivity index (χ2v) is 21.1. The molecule has 9 rings (SSSR count). The quantitative estimate of drug-likeness (QED) is 0.124. The fourth-order valence-electron chi connectivity index (χ4n) is 9.15. The first kappa shape index (κ1) is 52.2. The molecule has 0 aliphatic carbocycles. The Morgan fingerprint density at radius 2 is 1.19 bits per heavy atom. The third kappa shape index (κ3) is 12.1. The van der Waals surface area contributed by atoms with Gasteiger partial charge in [-0.05, 0) is 103 Å². The van der Waals surface area contributed by atoms with Gasteiger partial charge in [0.15, 0.2) is 18.4 Å². The molecule has 2 fully saturated rings. The molecule has 2 aromatic carbocycles. The van der Waals surface area contributed by atoms with Gasteiger partial charge in [-0.15, -0.1) is 0 Å². The number of hydrogen-bond donors (Lipinski definition) is 2. The molecule has 0 unspecified atom stereocenters. The van der Waals surface area contributed by atoms with Gasteiger partial charge >= 0.3 is 12.2 Å². The fourth-order valence-corrected chi connectivity index (χ4v) is 9.54. The second-order valence-electron chi connectivity index (χ2n) is 20.3. The number of anilines is 2. The van der Waals surface area contributed by atoms with Gasteiger partial charge in [0.2, 0.25) is 11.9 Å². The van der Waals surface area contributed by atoms with Crippen LogP contribution in [0.1, 0.15) is 88.8 Å². The van der Waals surface area contributed by atoms with E-state index in [4.69, 9.17) is 47.1 Å². The zero-order chi connectivity index (χ0) is 52.4. The molecular weight excluding hydrogens is 978 g/mol. The molecule has 0 saturated carbocycles. The molecule has 0 spiro atoms. The highest BCUT2D eigenvalue weighted by molar-refractivity contribution is 6.31. The molecule has 2 N–H and O–H groups in total. The maximum atomic E-state index is 13.7. The highest BCUT2D eigenvalue weighted by Gasteiger charge is 2.31. The van der Waals surface area contributed by atoms with Gasteiger partial charge in [0.05, 0.1) is 41.7 Å². The van der Waals surface area contributed by atoms with Crippen LogP contribution >= 0.6 is 23.2 Å². The van der Waals surface area contributed by atoms with Crippen molar-refractivity contribution in [3.8, 4) is 11.5 Å². The number of pyridine rings is 2. The van der Waals surface area contributed by atoms with E-state index < -0.39 is 23.4 Å². The molecule has 73 heavy (non-hydrogen) atoms. The molecule has 21 heteroatoms. The van der Waals surface area contributed by atoms with Gasteiger partial charge in [0, 0.05) is 62.4 Å². The summed E-state index contributed by atoms with van der Waals surface area (Å²) in [5.41, 5.74) is 2.72. The van der Waals surface area contributed by atoms with Gasteiger partial charge in [0.1, 0.15) is 22.2 Å². The van der Waals surface area contributed by atoms with Crippen molar-refractivity contribution in [2.24, 2.45) is 14.1 Å². The SMILES string of the molecule is Cn1c(-c2cnco2)cc2nc(N3CCC[C@@H](NC(=O)OC(C)(C)C)C3)n(Cc3ccccc3Cl)c2c1=O.Cn1c(C=O)cc2nc(N3CCC[C@@H](NC(=O)OC(C)(C)C)C3)n(Cc3ccccc3Cl)c2c1=O. The number of rotatable bonds is 10. The average molecular weight is 1040 g/mol. The van der Waals surface area contributed by atoms with E-state index in [-0.39, 0.29) is 28.9 Å². The monoisotopic (exact) mass is 1040 g/mol. The molecule has 2 saturated heterocycles. The summed E-state index contributed by atoms with van der Waals surface area (Å²) in [6.45, 7) is 14.2. The number of alkyl carbamates (subject to hydrolysis) is 2. The van der Waals surface area contributed by atoms with Crippen LogP contribution in [0.5, 0.6) is 0 Å². The second kappa shape index (κ2) is 21.5. The van der Waals surface area contributed by atoms with Crippen molar-refractivity contribution in [2.75, 3.05) is 36.0 Å². The molecule has 2 aliphatic heterocycles. The number of hydrogen-bond acceptors (Lipinski definition) is 13. The minimum absolute atomic E-state index is 0.125. The minimum atomic E-state index is -0.586. The van der Waals surface area contributed by atoms with Crippen LogP contribution in [-0.4, -0.2) is 101 Å². The fraction of sp³-hybridized carbons (Fsp3) is 0.423. The number of nitrogens with one attached hydrogen (secondary N) is 2. The zero-order valence-electron chi connectivity index (χ0n) is 42.3. The molecule has 386 valence electrons. The van der Waals surface area contributed by atoms with Crippen molar-refractivity contribution < 1.29 is 28.3 Å². The molecule has 19 nitrogen and oxygen atoms in total. The lowest BCUT2D eigenvalue weighted by atomic mass is 10.1. The lowest BCUT2D eigenvalue weighted by Gasteiger charge is -2.34. The van der Waals surface area contributed by atoms with Crippen molar-refractivity contribution >= 4 is 75.6 Å². The summed E-state index contributed by atoms with van der Waals surface area (Å²) in [5, 5.41) is 7.14. The van der Waals surface area contributed by atoms with Crippen LogP contribution in [0.3, 0.4) is 0 Å². The van der Waals surface area contributed by atoms with Crippen molar-refractivity contribution in [3.63, 3.8) is 0 Å². The summed E-state index contributed by atoms with van der Waals surface area (Å²) in [5.74, 6) is 1.71. The van der Waals surface area contributed by atoms with Crippen molar-refractivity contribution in [1.82, 2.24) is 43.9 Å². The summed E-state index contributed by atoms with van der Waals surface area (Å²) < 4.78 is 23.0. The standard InChI is InChI=1S/C27H31ClN6O4.C25H30ClN5O4/c1-27(2,3)38-26(36)30-18-9-7-11-33(15-18)25-31-20-12-21(22-13-29-16-37-22)32(4)24(35)23(20)34(25)14-17-8-5-6-10-19(17)28;1-25(2,3)35-24(34)27-17-9-7-11-30(14-17)23-28-20-12-18(15-32)29(4)22(33)21(20)31(23)13-16-8-5-6-10-19(16)26/h5-6,8,10,12-13,16,18H,7,9,11,14-15H2,1-4H3,(H,30,36);5-6,8,10,12,15,17H,7,9,11,13-14H2,1-4H3,(H,27,34)/t18-;17-/m11/s1. The van der Waals surface area contributed by atoms with Crippen molar-refractivity contribution in [2.45, 2.75) is 104 Å². The predicted octanol–water partition coefficient (Wildman–Crippen LogP) is 8.33. The zero-order valence-corrected chi connectivity index (χ0v) is 43.8. The van der Waals surface area contributed by atoms with Crippen LogP contribution < -0.4 is 31.6 Å². The van der Waals surface area contributed by atoms with Gasteiger partial charge in [-0.2, -0.15) is 0 Å². The Labute approximate surface area is 432 Å². The van der Waals surface area contributed by atoms with E-state index in [0.717, 1.165) is 43.4 Å². The van der Waals surface area contributed by atoms with Gasteiger partial charge in [-0.1, -0.05) is 59.6 Å². The number of aromatic nitrogens is 7. The number of aldehydes is 1. The number of halogens is 2. The first-order valence-electron chi connectivity index (χ1n) is 24.2. The number of nitrogens with zero attached hydrogens (tertiary/aromatic N) is 9. The van der Waals surface area contributed by atoms with Crippen molar-refractivity contribution in [1.29, 1.82) is 0 Å². The maximum Gasteiger partial charge on any atom is 0.407 e. The Hall–Kier alpha value is -7.12. The minimum Gasteiger partial charge on any atom is -0.444 e. The highest BCUT2D eigenvalue weighted by Crippen LogP contribution is 2.31. The van der Waals surface area contributed by atoms with E-state index in [9.17, 15) is 24.0 Å². The lowest BCUT2D eigenvalue weighted by Crippen LogP contribution is -2.49. The maximum absolute atomic E-state index is 13.7. The van der Waals surface area contributed by atoms with E-state index in [1.54, 1.807) is 37.0 Å². The Balaban J connectivity index is 0.000000196. The van der Waals surface area contributed by atoms with E-state index >= 15 is 0 Å². The van der Waals surface area contributed by atoms with E-state index in [1.807, 2.05) is 99.2 Å². The third-order valence-corrected chi connectivity index (χ3v) is 13.2. The van der Waals surface area contributed by atoms with E-state index in [0.29, 0.717) is 94.5 Å². The number of piperidine rings is 2. The van der Waals surface area contributed by atoms with Gasteiger partial charge in [-0.3, -0.25) is 14.4 Å². The summed E-state index contributed by atoms with van der Waals surface area (Å²) in [4.78, 5) is 81.1. The Bertz CT molecular complexity index is 3280. The molecule has 0 radical (unpaired) electrons. The van der Waals surface area contributed by atoms with Crippen LogP contribution in [0.15, 0.2) is 87.3 Å². The first-order valence-corrected chi connectivity index (χ1v) is 24.9. The Morgan fingerprint density at radius 3 is 1.63 bits per heavy atom. The first-order chi connectivity index (χ1) is 34.7. The summed E-state index contributed by atoms with van der Waals surface area (Å²) in [6, 6.07) is 18.2. The number of amides is 2. The topological polar surface area (TPSA) is 206 Å². The van der Waals surface area contributed by atoms with Crippen molar-refractivity contribution in [3.05, 3.63) is 121 Å². The number of benzene rings is 2. The average Bonchev–Trinajstić information content (AvgIpc) is 4.08. The van der Waals surface area contributed by atoms with Crippen LogP contribution in [0, 0.1) is 0 Å². The lowest BCUT2D eigenvalue weighted by molar-refractivity contribution is 0.0488. The smallest absolute Gasteiger partial charge is 0.407 e. The van der Waals surface area contributed by atoms with E-state index in [1.165, 1.54) is 11.0 Å². The number of carbonyl (C=O) groups excluding carboxylic acids is 3. The number of fused-ring (bicyclic) bond motifs is 2. The number of ether oxygens (including phenoxy) is 2. The summed E-state index contributed by atoms with van der Waals surface area (Å²) in [7, 11) is 3.27. The Morgan fingerprint density at radius 1 is 0.726 bits per heavy atom. The molecule has 7 aromatic rings. The van der Waals surface area contributed by atoms with Crippen LogP contribution in [0.4, 0.5) is 21.5 Å². The molecule has 2 aliphatic rings. The molecule has 5 aromatic heterocycles. The number of carbonyl (C=O) groups is 3. The van der Waals surface area contributed by atoms with Gasteiger partial charge in [0.25, 0.3) is 11.1 Å². The molecule has 0 bridgehead atoms. The van der Waals surface area contributed by atoms with E-state index in [2.05, 4.69) is 25.4 Å². The van der Waals surface area contributed by atoms with Crippen LogP contribution in [-0.2, 0) is 36.7 Å². The normalized spacial score (nSPS) is 16.2. The molecular formula is C52H61Cl2N11O8. The van der Waals surface area contributed by atoms with Crippen LogP contribution in [0.25, 0.3) is 33.5 Å². The predicted molar refractivity (Wildman–Crippen MR) is 281 cm³/mol. The number of oxazole rings is 1. The third-order valence-electron chi connectivity index (χ3n) is 12.5. The number of imidazole rings is 2. The highest BCUT2D eigenvalue weighted by atomic mass is 35.5. The Kier molecular flexibility index (Phi) is 15.4. The van der Waals surface area contributed by atoms with Gasteiger partial charge in [-0.25, -0.2) is 24.5 Å². The molecule has 2 atom stereocenters. The molecule has 7 heterocycles. The van der Waals surface area contributed by atoms with Gasteiger partial charge < -0.3 is 52.6 Å². The summed E-state index contributed by atoms with van der Waals surface area (Å²) >= 11 is 13.0. The summed E-state index contributed by atoms with van der Waals surface area (Å²) in [6.07, 6.45) is 5.93.